The molecule has 0 aromatic heterocycles. The molecule has 1 amide bonds. The van der Waals surface area contributed by atoms with Crippen LogP contribution in [0.15, 0.2) is 30.3 Å². The number of carbonyl (C=O) groups is 2. The summed E-state index contributed by atoms with van der Waals surface area (Å²) in [6.07, 6.45) is 1.86. The number of carbonyl (C=O) groups excluding carboxylic acids is 1. The number of hydrogen-bond acceptors (Lipinski definition) is 3. The number of nitrogens with zero attached hydrogens (tertiary/aromatic N) is 1. The van der Waals surface area contributed by atoms with E-state index >= 15 is 0 Å². The third kappa shape index (κ3) is 4.26. The molecule has 20 heavy (non-hydrogen) atoms. The van der Waals surface area contributed by atoms with E-state index in [0.29, 0.717) is 18.8 Å². The Hall–Kier alpha value is -2.04. The number of piperidine rings is 1. The van der Waals surface area contributed by atoms with Crippen molar-refractivity contribution >= 4 is 11.9 Å². The average molecular weight is 277 g/mol. The number of benzene rings is 1. The lowest BCUT2D eigenvalue weighted by molar-refractivity contribution is -0.141. The maximum atomic E-state index is 12.1. The van der Waals surface area contributed by atoms with E-state index in [9.17, 15) is 9.59 Å². The molecule has 1 aliphatic rings. The molecule has 1 aromatic carbocycles. The second-order valence-corrected chi connectivity index (χ2v) is 5.05. The first kappa shape index (κ1) is 14.4. The highest BCUT2D eigenvalue weighted by Gasteiger charge is 2.25. The molecule has 0 spiro atoms. The van der Waals surface area contributed by atoms with E-state index in [-0.39, 0.29) is 24.9 Å². The van der Waals surface area contributed by atoms with Crippen LogP contribution in [0, 0.1) is 5.92 Å². The van der Waals surface area contributed by atoms with Crippen LogP contribution in [0.3, 0.4) is 0 Å². The predicted molar refractivity (Wildman–Crippen MR) is 73.5 cm³/mol. The molecule has 1 atom stereocenters. The van der Waals surface area contributed by atoms with E-state index in [1.54, 1.807) is 17.0 Å². The van der Waals surface area contributed by atoms with Gasteiger partial charge in [-0.25, -0.2) is 0 Å². The van der Waals surface area contributed by atoms with Crippen LogP contribution in [0.1, 0.15) is 19.3 Å². The van der Waals surface area contributed by atoms with Gasteiger partial charge in [-0.2, -0.15) is 0 Å². The fraction of sp³-hybridized carbons (Fsp3) is 0.467. The molecule has 1 fully saturated rings. The maximum absolute atomic E-state index is 12.1. The molecule has 5 nitrogen and oxygen atoms in total. The van der Waals surface area contributed by atoms with Crippen molar-refractivity contribution in [2.75, 3.05) is 19.7 Å². The van der Waals surface area contributed by atoms with Crippen LogP contribution in [-0.2, 0) is 9.59 Å². The van der Waals surface area contributed by atoms with Gasteiger partial charge in [0.05, 0.1) is 0 Å². The SMILES string of the molecule is O=C(O)CC1CCCN(C(=O)COc2ccccc2)C1. The van der Waals surface area contributed by atoms with Gasteiger partial charge in [0.25, 0.3) is 5.91 Å². The molecule has 1 heterocycles. The molecule has 1 aromatic rings. The molecule has 0 aliphatic carbocycles. The fourth-order valence-electron chi connectivity index (χ4n) is 2.46. The maximum Gasteiger partial charge on any atom is 0.303 e. The standard InChI is InChI=1S/C15H19NO4/c17-14(11-20-13-6-2-1-3-7-13)16-8-4-5-12(10-16)9-15(18)19/h1-3,6-7,12H,4-5,8-11H2,(H,18,19). The van der Waals surface area contributed by atoms with Crippen molar-refractivity contribution in [1.29, 1.82) is 0 Å². The molecule has 0 radical (unpaired) electrons. The van der Waals surface area contributed by atoms with E-state index in [1.165, 1.54) is 0 Å². The van der Waals surface area contributed by atoms with Gasteiger partial charge in [-0.3, -0.25) is 9.59 Å². The third-order valence-electron chi connectivity index (χ3n) is 3.44. The lowest BCUT2D eigenvalue weighted by Crippen LogP contribution is -2.42. The first-order valence-electron chi connectivity index (χ1n) is 6.82. The largest absolute Gasteiger partial charge is 0.484 e. The summed E-state index contributed by atoms with van der Waals surface area (Å²) in [5.41, 5.74) is 0. The zero-order valence-electron chi connectivity index (χ0n) is 11.3. The summed E-state index contributed by atoms with van der Waals surface area (Å²) in [6, 6.07) is 9.19. The highest BCUT2D eigenvalue weighted by molar-refractivity contribution is 5.78. The molecule has 108 valence electrons. The second kappa shape index (κ2) is 6.93. The number of likely N-dealkylation sites (tertiary alicyclic amines) is 1. The zero-order valence-corrected chi connectivity index (χ0v) is 11.3. The second-order valence-electron chi connectivity index (χ2n) is 5.05. The van der Waals surface area contributed by atoms with Crippen molar-refractivity contribution in [3.63, 3.8) is 0 Å². The van der Waals surface area contributed by atoms with Gasteiger partial charge in [-0.05, 0) is 30.9 Å². The highest BCUT2D eigenvalue weighted by atomic mass is 16.5. The van der Waals surface area contributed by atoms with E-state index in [2.05, 4.69) is 0 Å². The summed E-state index contributed by atoms with van der Waals surface area (Å²) < 4.78 is 5.43. The summed E-state index contributed by atoms with van der Waals surface area (Å²) in [4.78, 5) is 24.5. The quantitative estimate of drug-likeness (QED) is 0.891. The number of amides is 1. The molecule has 0 bridgehead atoms. The topological polar surface area (TPSA) is 66.8 Å². The Morgan fingerprint density at radius 2 is 2.05 bits per heavy atom. The van der Waals surface area contributed by atoms with Crippen LogP contribution < -0.4 is 4.74 Å². The van der Waals surface area contributed by atoms with Crippen LogP contribution in [0.5, 0.6) is 5.75 Å². The van der Waals surface area contributed by atoms with Crippen molar-refractivity contribution < 1.29 is 19.4 Å². The molecule has 1 unspecified atom stereocenters. The minimum absolute atomic E-state index is 0.00377. The van der Waals surface area contributed by atoms with Crippen LogP contribution in [-0.4, -0.2) is 41.6 Å². The summed E-state index contributed by atoms with van der Waals surface area (Å²) in [5, 5.41) is 8.81. The van der Waals surface area contributed by atoms with Crippen LogP contribution in [0.25, 0.3) is 0 Å². The summed E-state index contributed by atoms with van der Waals surface area (Å²) in [7, 11) is 0. The minimum atomic E-state index is -0.801. The Morgan fingerprint density at radius 3 is 2.75 bits per heavy atom. The number of ether oxygens (including phenoxy) is 1. The van der Waals surface area contributed by atoms with Gasteiger partial charge in [0.15, 0.2) is 6.61 Å². The Morgan fingerprint density at radius 1 is 1.30 bits per heavy atom. The summed E-state index contributed by atoms with van der Waals surface area (Å²) >= 11 is 0. The number of para-hydroxylation sites is 1. The molecule has 0 saturated carbocycles. The van der Waals surface area contributed by atoms with Crippen molar-refractivity contribution in [2.24, 2.45) is 5.92 Å². The average Bonchev–Trinajstić information content (AvgIpc) is 2.45. The van der Waals surface area contributed by atoms with E-state index in [1.807, 2.05) is 18.2 Å². The van der Waals surface area contributed by atoms with E-state index in [0.717, 1.165) is 12.8 Å². The number of aliphatic carboxylic acids is 1. The first-order valence-corrected chi connectivity index (χ1v) is 6.82. The van der Waals surface area contributed by atoms with Gasteiger partial charge >= 0.3 is 5.97 Å². The predicted octanol–water partition coefficient (Wildman–Crippen LogP) is 1.78. The van der Waals surface area contributed by atoms with Crippen LogP contribution in [0.4, 0.5) is 0 Å². The molecular formula is C15H19NO4. The lowest BCUT2D eigenvalue weighted by atomic mass is 9.95. The van der Waals surface area contributed by atoms with Crippen molar-refractivity contribution in [1.82, 2.24) is 4.90 Å². The Labute approximate surface area is 118 Å². The van der Waals surface area contributed by atoms with E-state index < -0.39 is 5.97 Å². The number of hydrogen-bond donors (Lipinski definition) is 1. The third-order valence-corrected chi connectivity index (χ3v) is 3.44. The monoisotopic (exact) mass is 277 g/mol. The Kier molecular flexibility index (Phi) is 4.98. The van der Waals surface area contributed by atoms with Crippen molar-refractivity contribution in [3.8, 4) is 5.75 Å². The first-order chi connectivity index (χ1) is 9.65. The van der Waals surface area contributed by atoms with Gasteiger partial charge in [0.1, 0.15) is 5.75 Å². The van der Waals surface area contributed by atoms with Gasteiger partial charge in [-0.1, -0.05) is 18.2 Å². The summed E-state index contributed by atoms with van der Waals surface area (Å²) in [5.74, 6) is -0.157. The molecular weight excluding hydrogens is 258 g/mol. The molecule has 5 heteroatoms. The highest BCUT2D eigenvalue weighted by Crippen LogP contribution is 2.20. The Balaban J connectivity index is 1.81. The lowest BCUT2D eigenvalue weighted by Gasteiger charge is -2.32. The molecule has 1 saturated heterocycles. The van der Waals surface area contributed by atoms with Crippen LogP contribution >= 0.6 is 0 Å². The van der Waals surface area contributed by atoms with Gasteiger partial charge in [0, 0.05) is 19.5 Å². The summed E-state index contributed by atoms with van der Waals surface area (Å²) in [6.45, 7) is 1.21. The van der Waals surface area contributed by atoms with Crippen molar-refractivity contribution in [2.45, 2.75) is 19.3 Å². The van der Waals surface area contributed by atoms with Gasteiger partial charge in [0.2, 0.25) is 0 Å². The van der Waals surface area contributed by atoms with Gasteiger partial charge < -0.3 is 14.7 Å². The number of rotatable bonds is 5. The van der Waals surface area contributed by atoms with E-state index in [4.69, 9.17) is 9.84 Å². The zero-order chi connectivity index (χ0) is 14.4. The smallest absolute Gasteiger partial charge is 0.303 e. The minimum Gasteiger partial charge on any atom is -0.484 e. The fourth-order valence-corrected chi connectivity index (χ4v) is 2.46. The van der Waals surface area contributed by atoms with Gasteiger partial charge in [-0.15, -0.1) is 0 Å². The van der Waals surface area contributed by atoms with Crippen molar-refractivity contribution in [3.05, 3.63) is 30.3 Å². The number of carboxylic acid groups (broad SMARTS) is 1. The number of carboxylic acids is 1. The molecule has 1 N–H and O–H groups in total. The van der Waals surface area contributed by atoms with Crippen LogP contribution in [0.2, 0.25) is 0 Å². The molecule has 2 rings (SSSR count). The molecule has 1 aliphatic heterocycles. The Bertz CT molecular complexity index is 460. The normalized spacial score (nSPS) is 18.6.